The highest BCUT2D eigenvalue weighted by molar-refractivity contribution is 5.88. The molecule has 6 aromatic rings. The number of hydrogen-bond donors (Lipinski definition) is 1. The van der Waals surface area contributed by atoms with Crippen LogP contribution in [0.2, 0.25) is 0 Å². The van der Waals surface area contributed by atoms with E-state index >= 15 is 0 Å². The van der Waals surface area contributed by atoms with Crippen molar-refractivity contribution in [2.75, 3.05) is 0 Å². The van der Waals surface area contributed by atoms with Crippen LogP contribution in [0.5, 0.6) is 0 Å². The molecular formula is C38H29N5. The fourth-order valence-electron chi connectivity index (χ4n) is 6.10. The molecule has 206 valence electrons. The average molecular weight is 556 g/mol. The summed E-state index contributed by atoms with van der Waals surface area (Å²) in [6, 6.07) is 42.4. The zero-order valence-electron chi connectivity index (χ0n) is 23.7. The first kappa shape index (κ1) is 26.2. The van der Waals surface area contributed by atoms with Crippen molar-refractivity contribution >= 4 is 5.70 Å². The van der Waals surface area contributed by atoms with Gasteiger partial charge in [-0.15, -0.1) is 0 Å². The van der Waals surface area contributed by atoms with E-state index < -0.39 is 5.41 Å². The smallest absolute Gasteiger partial charge is 0.182 e. The van der Waals surface area contributed by atoms with Crippen molar-refractivity contribution in [3.05, 3.63) is 174 Å². The number of hydrogen-bond acceptors (Lipinski definition) is 5. The molecule has 0 amide bonds. The molecule has 0 aliphatic heterocycles. The Morgan fingerprint density at radius 3 is 2.00 bits per heavy atom. The molecule has 0 spiro atoms. The van der Waals surface area contributed by atoms with Gasteiger partial charge in [0.25, 0.3) is 0 Å². The highest BCUT2D eigenvalue weighted by Crippen LogP contribution is 2.56. The number of nitrogens with two attached hydrogens (primary N) is 1. The molecule has 0 radical (unpaired) electrons. The summed E-state index contributed by atoms with van der Waals surface area (Å²) >= 11 is 0. The predicted molar refractivity (Wildman–Crippen MR) is 173 cm³/mol. The Balaban J connectivity index is 1.51. The van der Waals surface area contributed by atoms with E-state index in [2.05, 4.69) is 108 Å². The molecule has 1 aliphatic carbocycles. The quantitative estimate of drug-likeness (QED) is 0.212. The summed E-state index contributed by atoms with van der Waals surface area (Å²) in [5, 5.41) is 0. The van der Waals surface area contributed by atoms with Crippen LogP contribution in [0.4, 0.5) is 0 Å². The van der Waals surface area contributed by atoms with Crippen molar-refractivity contribution in [1.29, 1.82) is 0 Å². The van der Waals surface area contributed by atoms with E-state index in [4.69, 9.17) is 20.7 Å². The van der Waals surface area contributed by atoms with Crippen LogP contribution >= 0.6 is 0 Å². The molecule has 7 rings (SSSR count). The standard InChI is InChI=1S/C38H29N5/c1-2-3-20-33(39)36-41-35(42-37(43-36)34-21-12-13-24-40-34)26-22-23-30-29-18-10-11-19-31(29)38(32(30)25-26,27-14-6-4-7-15-27)28-16-8-5-9-17-28/h2-25H,39H2,1H3/b3-2-,33-20-. The summed E-state index contributed by atoms with van der Waals surface area (Å²) in [5.41, 5.74) is 15.2. The lowest BCUT2D eigenvalue weighted by Crippen LogP contribution is -2.28. The highest BCUT2D eigenvalue weighted by Gasteiger charge is 2.46. The van der Waals surface area contributed by atoms with Gasteiger partial charge < -0.3 is 5.73 Å². The van der Waals surface area contributed by atoms with E-state index in [1.54, 1.807) is 12.3 Å². The van der Waals surface area contributed by atoms with Crippen LogP contribution in [0.3, 0.4) is 0 Å². The summed E-state index contributed by atoms with van der Waals surface area (Å²) in [5.74, 6) is 1.42. The van der Waals surface area contributed by atoms with Crippen molar-refractivity contribution in [1.82, 2.24) is 19.9 Å². The Morgan fingerprint density at radius 1 is 0.651 bits per heavy atom. The van der Waals surface area contributed by atoms with Gasteiger partial charge in [-0.05, 0) is 64.6 Å². The van der Waals surface area contributed by atoms with Crippen molar-refractivity contribution in [2.24, 2.45) is 5.73 Å². The molecule has 2 heterocycles. The number of benzene rings is 4. The predicted octanol–water partition coefficient (Wildman–Crippen LogP) is 7.84. The van der Waals surface area contributed by atoms with Gasteiger partial charge in [0.1, 0.15) is 5.69 Å². The van der Waals surface area contributed by atoms with Gasteiger partial charge >= 0.3 is 0 Å². The topological polar surface area (TPSA) is 77.6 Å². The maximum atomic E-state index is 6.45. The summed E-state index contributed by atoms with van der Waals surface area (Å²) in [6.07, 6.45) is 7.33. The lowest BCUT2D eigenvalue weighted by atomic mass is 9.67. The van der Waals surface area contributed by atoms with Crippen LogP contribution in [0.25, 0.3) is 39.7 Å². The van der Waals surface area contributed by atoms with Crippen molar-refractivity contribution in [3.63, 3.8) is 0 Å². The van der Waals surface area contributed by atoms with Crippen LogP contribution in [0.1, 0.15) is 35.0 Å². The summed E-state index contributed by atoms with van der Waals surface area (Å²) in [6.45, 7) is 1.94. The van der Waals surface area contributed by atoms with Gasteiger partial charge in [-0.3, -0.25) is 4.98 Å². The first-order chi connectivity index (χ1) is 21.2. The number of fused-ring (bicyclic) bond motifs is 3. The minimum Gasteiger partial charge on any atom is -0.396 e. The Kier molecular flexibility index (Phi) is 6.68. The third kappa shape index (κ3) is 4.43. The van der Waals surface area contributed by atoms with Crippen LogP contribution in [0, 0.1) is 0 Å². The van der Waals surface area contributed by atoms with Crippen molar-refractivity contribution in [2.45, 2.75) is 12.3 Å². The van der Waals surface area contributed by atoms with E-state index in [0.29, 0.717) is 28.9 Å². The SMILES string of the molecule is C/C=C\C=C(/N)c1nc(-c2ccc3c(c2)C(c2ccccc2)(c2ccccc2)c2ccccc2-3)nc(-c2ccccn2)n1. The van der Waals surface area contributed by atoms with Gasteiger partial charge in [-0.25, -0.2) is 15.0 Å². The Labute approximate surface area is 251 Å². The number of allylic oxidation sites excluding steroid dienone is 3. The molecule has 2 aromatic heterocycles. The van der Waals surface area contributed by atoms with Crippen molar-refractivity contribution < 1.29 is 0 Å². The third-order valence-corrected chi connectivity index (χ3v) is 7.97. The molecule has 0 saturated carbocycles. The maximum Gasteiger partial charge on any atom is 0.182 e. The summed E-state index contributed by atoms with van der Waals surface area (Å²) < 4.78 is 0. The van der Waals surface area contributed by atoms with Gasteiger partial charge in [-0.2, -0.15) is 0 Å². The van der Waals surface area contributed by atoms with Gasteiger partial charge in [0.05, 0.1) is 11.1 Å². The van der Waals surface area contributed by atoms with E-state index in [-0.39, 0.29) is 0 Å². The minimum absolute atomic E-state index is 0.407. The Morgan fingerprint density at radius 2 is 1.30 bits per heavy atom. The van der Waals surface area contributed by atoms with Gasteiger partial charge in [0, 0.05) is 11.8 Å². The lowest BCUT2D eigenvalue weighted by Gasteiger charge is -2.34. The van der Waals surface area contributed by atoms with E-state index in [1.165, 1.54) is 33.4 Å². The zero-order valence-corrected chi connectivity index (χ0v) is 23.7. The minimum atomic E-state index is -0.519. The van der Waals surface area contributed by atoms with Crippen LogP contribution in [0.15, 0.2) is 146 Å². The Hall–Kier alpha value is -5.68. The second kappa shape index (κ2) is 11.0. The highest BCUT2D eigenvalue weighted by atomic mass is 15.1. The van der Waals surface area contributed by atoms with Gasteiger partial charge in [0.2, 0.25) is 0 Å². The molecule has 2 N–H and O–H groups in total. The summed E-state index contributed by atoms with van der Waals surface area (Å²) in [4.78, 5) is 19.0. The number of aromatic nitrogens is 4. The van der Waals surface area contributed by atoms with Gasteiger partial charge in [0.15, 0.2) is 17.5 Å². The monoisotopic (exact) mass is 555 g/mol. The lowest BCUT2D eigenvalue weighted by molar-refractivity contribution is 0.768. The molecule has 43 heavy (non-hydrogen) atoms. The fraction of sp³-hybridized carbons (Fsp3) is 0.0526. The number of rotatable bonds is 6. The molecule has 1 aliphatic rings. The largest absolute Gasteiger partial charge is 0.396 e. The normalized spacial score (nSPS) is 13.6. The maximum absolute atomic E-state index is 6.45. The average Bonchev–Trinajstić information content (AvgIpc) is 3.38. The van der Waals surface area contributed by atoms with Gasteiger partial charge in [-0.1, -0.05) is 115 Å². The van der Waals surface area contributed by atoms with Crippen LogP contribution < -0.4 is 5.73 Å². The molecule has 5 nitrogen and oxygen atoms in total. The van der Waals surface area contributed by atoms with E-state index in [1.807, 2.05) is 37.3 Å². The molecule has 0 bridgehead atoms. The molecule has 0 atom stereocenters. The molecule has 0 unspecified atom stereocenters. The fourth-order valence-corrected chi connectivity index (χ4v) is 6.10. The van der Waals surface area contributed by atoms with E-state index in [0.717, 1.165) is 5.56 Å². The molecular weight excluding hydrogens is 526 g/mol. The second-order valence-electron chi connectivity index (χ2n) is 10.5. The third-order valence-electron chi connectivity index (χ3n) is 7.97. The first-order valence-electron chi connectivity index (χ1n) is 14.3. The van der Waals surface area contributed by atoms with E-state index in [9.17, 15) is 0 Å². The zero-order chi connectivity index (χ0) is 29.2. The molecule has 5 heteroatoms. The second-order valence-corrected chi connectivity index (χ2v) is 10.5. The molecule has 0 fully saturated rings. The summed E-state index contributed by atoms with van der Waals surface area (Å²) in [7, 11) is 0. The number of pyridine rings is 1. The van der Waals surface area contributed by atoms with Crippen LogP contribution in [-0.4, -0.2) is 19.9 Å². The molecule has 0 saturated heterocycles. The van der Waals surface area contributed by atoms with Crippen molar-refractivity contribution in [3.8, 4) is 34.0 Å². The first-order valence-corrected chi connectivity index (χ1v) is 14.3. The number of nitrogens with zero attached hydrogens (tertiary/aromatic N) is 4. The van der Waals surface area contributed by atoms with Crippen LogP contribution in [-0.2, 0) is 5.41 Å². The Bertz CT molecular complexity index is 1940. The molecule has 4 aromatic carbocycles.